The number of rotatable bonds is 2. The smallest absolute Gasteiger partial charge is 0.00765 e. The first-order valence-electron chi connectivity index (χ1n) is 4.64. The molecule has 0 saturated carbocycles. The third-order valence-corrected chi connectivity index (χ3v) is 2.69. The topological polar surface area (TPSA) is 0 Å². The predicted octanol–water partition coefficient (Wildman–Crippen LogP) is 3.67. The van der Waals surface area contributed by atoms with Crippen LogP contribution in [0, 0.1) is 5.41 Å². The van der Waals surface area contributed by atoms with Crippen LogP contribution in [-0.4, -0.2) is 0 Å². The molecular weight excluding hydrogens is 156 g/mol. The lowest BCUT2D eigenvalue weighted by Gasteiger charge is -2.33. The average Bonchev–Trinajstić information content (AvgIpc) is 2.14. The summed E-state index contributed by atoms with van der Waals surface area (Å²) in [4.78, 5) is 0. The Kier molecular flexibility index (Phi) is 1.84. The van der Waals surface area contributed by atoms with E-state index in [4.69, 9.17) is 0 Å². The van der Waals surface area contributed by atoms with Gasteiger partial charge in [-0.05, 0) is 17.6 Å². The zero-order valence-electron chi connectivity index (χ0n) is 7.96. The van der Waals surface area contributed by atoms with Gasteiger partial charge < -0.3 is 0 Å². The van der Waals surface area contributed by atoms with Crippen LogP contribution < -0.4 is 0 Å². The van der Waals surface area contributed by atoms with Gasteiger partial charge in [-0.1, -0.05) is 49.4 Å². The van der Waals surface area contributed by atoms with Crippen LogP contribution in [-0.2, 0) is 0 Å². The molecule has 0 N–H and O–H groups in total. The summed E-state index contributed by atoms with van der Waals surface area (Å²) in [7, 11) is 0. The van der Waals surface area contributed by atoms with Gasteiger partial charge in [0.05, 0.1) is 0 Å². The molecule has 1 atom stereocenters. The largest absolute Gasteiger partial charge is 0.102 e. The van der Waals surface area contributed by atoms with Gasteiger partial charge in [-0.15, -0.1) is 6.58 Å². The number of hydrogen-bond donors (Lipinski definition) is 0. The van der Waals surface area contributed by atoms with E-state index in [-0.39, 0.29) is 5.41 Å². The SMILES string of the molecule is C=CC1(C)C=C(c2ccccc2)C1. The zero-order valence-corrected chi connectivity index (χ0v) is 7.96. The molecule has 0 saturated heterocycles. The molecule has 2 rings (SSSR count). The summed E-state index contributed by atoms with van der Waals surface area (Å²) in [5.74, 6) is 0. The lowest BCUT2D eigenvalue weighted by atomic mass is 9.71. The van der Waals surface area contributed by atoms with Gasteiger partial charge in [0.15, 0.2) is 0 Å². The maximum absolute atomic E-state index is 3.84. The first-order valence-corrected chi connectivity index (χ1v) is 4.64. The van der Waals surface area contributed by atoms with Crippen molar-refractivity contribution in [2.45, 2.75) is 13.3 Å². The van der Waals surface area contributed by atoms with Crippen LogP contribution in [0.2, 0.25) is 0 Å². The fourth-order valence-corrected chi connectivity index (χ4v) is 1.75. The van der Waals surface area contributed by atoms with Gasteiger partial charge in [0.2, 0.25) is 0 Å². The van der Waals surface area contributed by atoms with Gasteiger partial charge in [-0.25, -0.2) is 0 Å². The number of hydrogen-bond acceptors (Lipinski definition) is 0. The number of allylic oxidation sites excluding steroid dienone is 3. The van der Waals surface area contributed by atoms with E-state index in [0.717, 1.165) is 6.42 Å². The third-order valence-electron chi connectivity index (χ3n) is 2.69. The fourth-order valence-electron chi connectivity index (χ4n) is 1.75. The summed E-state index contributed by atoms with van der Waals surface area (Å²) >= 11 is 0. The molecule has 66 valence electrons. The normalized spacial score (nSPS) is 26.1. The van der Waals surface area contributed by atoms with E-state index in [0.29, 0.717) is 0 Å². The monoisotopic (exact) mass is 170 g/mol. The average molecular weight is 170 g/mol. The highest BCUT2D eigenvalue weighted by atomic mass is 14.3. The molecule has 0 amide bonds. The van der Waals surface area contributed by atoms with Crippen LogP contribution in [0.25, 0.3) is 5.57 Å². The lowest BCUT2D eigenvalue weighted by molar-refractivity contribution is 0.528. The predicted molar refractivity (Wildman–Crippen MR) is 57.3 cm³/mol. The Morgan fingerprint density at radius 1 is 1.31 bits per heavy atom. The minimum absolute atomic E-state index is 0.241. The second kappa shape index (κ2) is 2.88. The summed E-state index contributed by atoms with van der Waals surface area (Å²) in [5, 5.41) is 0. The van der Waals surface area contributed by atoms with Gasteiger partial charge >= 0.3 is 0 Å². The third kappa shape index (κ3) is 1.44. The second-order valence-corrected chi connectivity index (χ2v) is 3.92. The quantitative estimate of drug-likeness (QED) is 0.594. The van der Waals surface area contributed by atoms with Crippen LogP contribution in [0.5, 0.6) is 0 Å². The highest BCUT2D eigenvalue weighted by Crippen LogP contribution is 2.44. The van der Waals surface area contributed by atoms with Crippen LogP contribution in [0.15, 0.2) is 49.1 Å². The van der Waals surface area contributed by atoms with Crippen molar-refractivity contribution in [1.82, 2.24) is 0 Å². The van der Waals surface area contributed by atoms with Crippen molar-refractivity contribution in [3.05, 3.63) is 54.6 Å². The van der Waals surface area contributed by atoms with Crippen molar-refractivity contribution < 1.29 is 0 Å². The Bertz CT molecular complexity index is 346. The summed E-state index contributed by atoms with van der Waals surface area (Å²) in [6, 6.07) is 10.5. The van der Waals surface area contributed by atoms with E-state index in [1.54, 1.807) is 0 Å². The molecular formula is C13H14. The summed E-state index contributed by atoms with van der Waals surface area (Å²) in [6.45, 7) is 6.05. The Morgan fingerprint density at radius 3 is 2.46 bits per heavy atom. The van der Waals surface area contributed by atoms with E-state index in [2.05, 4.69) is 49.9 Å². The van der Waals surface area contributed by atoms with Crippen LogP contribution in [0.4, 0.5) is 0 Å². The molecule has 0 heterocycles. The Morgan fingerprint density at radius 2 is 1.92 bits per heavy atom. The highest BCUT2D eigenvalue weighted by molar-refractivity contribution is 5.73. The Labute approximate surface area is 79.6 Å². The van der Waals surface area contributed by atoms with Gasteiger partial charge in [-0.3, -0.25) is 0 Å². The molecule has 1 unspecified atom stereocenters. The maximum Gasteiger partial charge on any atom is 0.00765 e. The molecule has 1 aromatic rings. The number of benzene rings is 1. The van der Waals surface area contributed by atoms with Crippen LogP contribution in [0.1, 0.15) is 18.9 Å². The van der Waals surface area contributed by atoms with Crippen molar-refractivity contribution >= 4 is 5.57 Å². The molecule has 1 aromatic carbocycles. The summed E-state index contributed by atoms with van der Waals surface area (Å²) < 4.78 is 0. The standard InChI is InChI=1S/C13H14/c1-3-13(2)9-12(10-13)11-7-5-4-6-8-11/h3-9H,1,10H2,2H3. The first kappa shape index (κ1) is 8.31. The maximum atomic E-state index is 3.84. The van der Waals surface area contributed by atoms with Gasteiger partial charge in [0.25, 0.3) is 0 Å². The minimum atomic E-state index is 0.241. The van der Waals surface area contributed by atoms with Crippen LogP contribution in [0.3, 0.4) is 0 Å². The summed E-state index contributed by atoms with van der Waals surface area (Å²) in [6.07, 6.45) is 5.45. The molecule has 1 aliphatic rings. The molecule has 0 radical (unpaired) electrons. The molecule has 0 heteroatoms. The van der Waals surface area contributed by atoms with Crippen molar-refractivity contribution in [3.8, 4) is 0 Å². The molecule has 0 fully saturated rings. The lowest BCUT2D eigenvalue weighted by Crippen LogP contribution is -2.19. The van der Waals surface area contributed by atoms with Crippen molar-refractivity contribution in [2.24, 2.45) is 5.41 Å². The van der Waals surface area contributed by atoms with E-state index in [9.17, 15) is 0 Å². The highest BCUT2D eigenvalue weighted by Gasteiger charge is 2.28. The fraction of sp³-hybridized carbons (Fsp3) is 0.231. The summed E-state index contributed by atoms with van der Waals surface area (Å²) in [5.41, 5.74) is 3.04. The van der Waals surface area contributed by atoms with E-state index < -0.39 is 0 Å². The van der Waals surface area contributed by atoms with Crippen molar-refractivity contribution in [1.29, 1.82) is 0 Å². The second-order valence-electron chi connectivity index (χ2n) is 3.92. The van der Waals surface area contributed by atoms with E-state index in [1.807, 2.05) is 6.08 Å². The molecule has 13 heavy (non-hydrogen) atoms. The van der Waals surface area contributed by atoms with Gasteiger partial charge in [-0.2, -0.15) is 0 Å². The van der Waals surface area contributed by atoms with Crippen LogP contribution >= 0.6 is 0 Å². The molecule has 0 spiro atoms. The Hall–Kier alpha value is -1.30. The zero-order chi connectivity index (χ0) is 9.31. The molecule has 0 aromatic heterocycles. The van der Waals surface area contributed by atoms with Crippen molar-refractivity contribution in [2.75, 3.05) is 0 Å². The van der Waals surface area contributed by atoms with E-state index >= 15 is 0 Å². The molecule has 0 nitrogen and oxygen atoms in total. The van der Waals surface area contributed by atoms with Crippen molar-refractivity contribution in [3.63, 3.8) is 0 Å². The first-order chi connectivity index (χ1) is 6.23. The van der Waals surface area contributed by atoms with Gasteiger partial charge in [0, 0.05) is 5.41 Å². The van der Waals surface area contributed by atoms with Gasteiger partial charge in [0.1, 0.15) is 0 Å². The van der Waals surface area contributed by atoms with E-state index in [1.165, 1.54) is 11.1 Å². The molecule has 0 aliphatic heterocycles. The molecule has 0 bridgehead atoms. The Balaban J connectivity index is 2.25. The molecule has 1 aliphatic carbocycles. The minimum Gasteiger partial charge on any atom is -0.102 e.